The first-order chi connectivity index (χ1) is 9.15. The molecule has 2 nitrogen and oxygen atoms in total. The summed E-state index contributed by atoms with van der Waals surface area (Å²) in [5, 5.41) is 11.1. The number of rotatable bonds is 3. The lowest BCUT2D eigenvalue weighted by Crippen LogP contribution is -2.04. The zero-order chi connectivity index (χ0) is 13.4. The second-order valence-corrected chi connectivity index (χ2v) is 5.63. The lowest BCUT2D eigenvalue weighted by atomic mass is 9.97. The fourth-order valence-electron chi connectivity index (χ4n) is 3.20. The lowest BCUT2D eigenvalue weighted by Gasteiger charge is -2.13. The average Bonchev–Trinajstić information content (AvgIpc) is 2.98. The summed E-state index contributed by atoms with van der Waals surface area (Å²) in [5.74, 6) is 0.931. The molecule has 0 amide bonds. The summed E-state index contributed by atoms with van der Waals surface area (Å²) in [6, 6.07) is 4.49. The van der Waals surface area contributed by atoms with Crippen LogP contribution < -0.4 is 0 Å². The second-order valence-electron chi connectivity index (χ2n) is 5.63. The molecule has 0 aliphatic heterocycles. The van der Waals surface area contributed by atoms with Crippen LogP contribution in [0.3, 0.4) is 0 Å². The summed E-state index contributed by atoms with van der Waals surface area (Å²) in [6.45, 7) is 1.89. The molecular weight excluding hydrogens is 243 g/mol. The molecule has 0 radical (unpaired) electrons. The summed E-state index contributed by atoms with van der Waals surface area (Å²) in [6.07, 6.45) is 5.11. The Morgan fingerprint density at radius 2 is 2.11 bits per heavy atom. The van der Waals surface area contributed by atoms with Crippen LogP contribution >= 0.6 is 0 Å². The second kappa shape index (κ2) is 4.97. The minimum atomic E-state index is -0.571. The van der Waals surface area contributed by atoms with Gasteiger partial charge in [-0.15, -0.1) is 0 Å². The van der Waals surface area contributed by atoms with E-state index in [1.807, 2.05) is 6.92 Å². The van der Waals surface area contributed by atoms with Gasteiger partial charge >= 0.3 is 0 Å². The molecule has 102 valence electrons. The Hall–Kier alpha value is -1.35. The van der Waals surface area contributed by atoms with Crippen LogP contribution in [0, 0.1) is 18.7 Å². The van der Waals surface area contributed by atoms with Gasteiger partial charge in [0.2, 0.25) is 0 Å². The smallest absolute Gasteiger partial charge is 0.136 e. The van der Waals surface area contributed by atoms with Gasteiger partial charge in [-0.1, -0.05) is 25.7 Å². The Bertz CT molecular complexity index is 582. The van der Waals surface area contributed by atoms with E-state index in [1.165, 1.54) is 37.8 Å². The quantitative estimate of drug-likeness (QED) is 0.883. The zero-order valence-corrected chi connectivity index (χ0v) is 11.2. The van der Waals surface area contributed by atoms with Gasteiger partial charge in [0.15, 0.2) is 0 Å². The van der Waals surface area contributed by atoms with E-state index in [4.69, 9.17) is 4.42 Å². The molecule has 1 heterocycles. The Balaban J connectivity index is 1.89. The Morgan fingerprint density at radius 3 is 2.84 bits per heavy atom. The highest BCUT2D eigenvalue weighted by Gasteiger charge is 2.24. The van der Waals surface area contributed by atoms with E-state index in [9.17, 15) is 9.50 Å². The van der Waals surface area contributed by atoms with E-state index in [0.717, 1.165) is 17.4 Å². The number of benzene rings is 1. The Kier molecular flexibility index (Phi) is 3.31. The van der Waals surface area contributed by atoms with Crippen molar-refractivity contribution in [2.24, 2.45) is 5.92 Å². The summed E-state index contributed by atoms with van der Waals surface area (Å²) in [7, 11) is 0. The molecule has 19 heavy (non-hydrogen) atoms. The van der Waals surface area contributed by atoms with Crippen LogP contribution in [0.15, 0.2) is 22.6 Å². The number of hydrogen-bond donors (Lipinski definition) is 1. The van der Waals surface area contributed by atoms with Crippen LogP contribution in [0.4, 0.5) is 4.39 Å². The Morgan fingerprint density at radius 1 is 1.37 bits per heavy atom. The molecule has 1 aliphatic carbocycles. The van der Waals surface area contributed by atoms with Crippen molar-refractivity contribution in [2.75, 3.05) is 0 Å². The van der Waals surface area contributed by atoms with Gasteiger partial charge < -0.3 is 9.52 Å². The normalized spacial score (nSPS) is 18.3. The van der Waals surface area contributed by atoms with Crippen molar-refractivity contribution < 1.29 is 13.9 Å². The maximum absolute atomic E-state index is 13.3. The van der Waals surface area contributed by atoms with Crippen molar-refractivity contribution in [1.29, 1.82) is 0 Å². The molecule has 3 heteroatoms. The van der Waals surface area contributed by atoms with Crippen molar-refractivity contribution in [3.05, 3.63) is 35.3 Å². The minimum Gasteiger partial charge on any atom is -0.458 e. The van der Waals surface area contributed by atoms with E-state index in [1.54, 1.807) is 6.07 Å². The number of aliphatic hydroxyl groups excluding tert-OH is 1. The number of fused-ring (bicyclic) bond motifs is 1. The molecular formula is C16H19FO2. The van der Waals surface area contributed by atoms with Crippen LogP contribution in [0.2, 0.25) is 0 Å². The maximum atomic E-state index is 13.3. The van der Waals surface area contributed by atoms with E-state index in [-0.39, 0.29) is 5.82 Å². The lowest BCUT2D eigenvalue weighted by molar-refractivity contribution is 0.121. The van der Waals surface area contributed by atoms with Crippen LogP contribution in [0.1, 0.15) is 49.5 Å². The highest BCUT2D eigenvalue weighted by Crippen LogP contribution is 2.36. The third kappa shape index (κ3) is 2.39. The van der Waals surface area contributed by atoms with E-state index in [2.05, 4.69) is 0 Å². The highest BCUT2D eigenvalue weighted by molar-refractivity contribution is 5.82. The van der Waals surface area contributed by atoms with Gasteiger partial charge in [0.25, 0.3) is 0 Å². The molecule has 1 saturated carbocycles. The van der Waals surface area contributed by atoms with Gasteiger partial charge in [0, 0.05) is 10.9 Å². The fraction of sp³-hybridized carbons (Fsp3) is 0.500. The van der Waals surface area contributed by atoms with Crippen LogP contribution in [-0.4, -0.2) is 5.11 Å². The number of hydrogen-bond acceptors (Lipinski definition) is 2. The van der Waals surface area contributed by atoms with Gasteiger partial charge in [-0.25, -0.2) is 4.39 Å². The topological polar surface area (TPSA) is 33.4 Å². The molecule has 1 unspecified atom stereocenters. The fourth-order valence-corrected chi connectivity index (χ4v) is 3.20. The first-order valence-electron chi connectivity index (χ1n) is 7.02. The van der Waals surface area contributed by atoms with Crippen molar-refractivity contribution in [1.82, 2.24) is 0 Å². The summed E-state index contributed by atoms with van der Waals surface area (Å²) >= 11 is 0. The van der Waals surface area contributed by atoms with Crippen molar-refractivity contribution in [2.45, 2.75) is 45.1 Å². The largest absolute Gasteiger partial charge is 0.458 e. The molecule has 1 atom stereocenters. The molecule has 2 aromatic rings. The Labute approximate surface area is 112 Å². The number of aryl methyl sites for hydroxylation is 1. The first-order valence-corrected chi connectivity index (χ1v) is 7.02. The van der Waals surface area contributed by atoms with Crippen LogP contribution in [0.5, 0.6) is 0 Å². The number of furan rings is 1. The molecule has 0 spiro atoms. The van der Waals surface area contributed by atoms with Crippen molar-refractivity contribution in [3.8, 4) is 0 Å². The van der Waals surface area contributed by atoms with Gasteiger partial charge in [-0.2, -0.15) is 0 Å². The maximum Gasteiger partial charge on any atom is 0.136 e. The van der Waals surface area contributed by atoms with Crippen LogP contribution in [0.25, 0.3) is 11.0 Å². The molecule has 1 N–H and O–H groups in total. The van der Waals surface area contributed by atoms with Crippen LogP contribution in [-0.2, 0) is 0 Å². The third-order valence-corrected chi connectivity index (χ3v) is 4.27. The molecule has 1 aliphatic rings. The third-order valence-electron chi connectivity index (χ3n) is 4.27. The highest BCUT2D eigenvalue weighted by atomic mass is 19.1. The summed E-state index contributed by atoms with van der Waals surface area (Å²) in [4.78, 5) is 0. The summed E-state index contributed by atoms with van der Waals surface area (Å²) < 4.78 is 19.0. The predicted molar refractivity (Wildman–Crippen MR) is 72.4 cm³/mol. The van der Waals surface area contributed by atoms with E-state index in [0.29, 0.717) is 17.3 Å². The minimum absolute atomic E-state index is 0.270. The molecule has 0 saturated heterocycles. The molecule has 1 fully saturated rings. The van der Waals surface area contributed by atoms with Gasteiger partial charge in [-0.05, 0) is 37.5 Å². The zero-order valence-electron chi connectivity index (χ0n) is 11.2. The molecule has 1 aromatic carbocycles. The number of halogens is 1. The molecule has 1 aromatic heterocycles. The monoisotopic (exact) mass is 262 g/mol. The predicted octanol–water partition coefficient (Wildman–Crippen LogP) is 4.49. The first kappa shape index (κ1) is 12.7. The standard InChI is InChI=1S/C16H19FO2/c1-10-13-9-12(17)6-7-15(13)19-16(10)14(18)8-11-4-2-3-5-11/h6-7,9,11,14,18H,2-5,8H2,1H3. The van der Waals surface area contributed by atoms with Gasteiger partial charge in [0.05, 0.1) is 0 Å². The van der Waals surface area contributed by atoms with Gasteiger partial charge in [-0.3, -0.25) is 0 Å². The molecule has 3 rings (SSSR count). The average molecular weight is 262 g/mol. The SMILES string of the molecule is Cc1c(C(O)CC2CCCC2)oc2ccc(F)cc12. The van der Waals surface area contributed by atoms with Crippen molar-refractivity contribution >= 4 is 11.0 Å². The number of aliphatic hydroxyl groups is 1. The molecule has 0 bridgehead atoms. The van der Waals surface area contributed by atoms with Gasteiger partial charge in [0.1, 0.15) is 23.3 Å². The van der Waals surface area contributed by atoms with Crippen molar-refractivity contribution in [3.63, 3.8) is 0 Å². The van der Waals surface area contributed by atoms with E-state index < -0.39 is 6.10 Å². The summed E-state index contributed by atoms with van der Waals surface area (Å²) in [5.41, 5.74) is 1.51. The van der Waals surface area contributed by atoms with E-state index >= 15 is 0 Å².